The zero-order valence-corrected chi connectivity index (χ0v) is 4.96. The largest absolute Gasteiger partial charge is 0.383 e. The number of hydrogen-bond donors (Lipinski definition) is 1. The maximum absolute atomic E-state index is 10.4. The lowest BCUT2D eigenvalue weighted by Crippen LogP contribution is -2.22. The van der Waals surface area contributed by atoms with Gasteiger partial charge in [0.1, 0.15) is 5.84 Å². The normalized spacial score (nSPS) is 18.1. The molecule has 1 rings (SSSR count). The van der Waals surface area contributed by atoms with Crippen LogP contribution in [0.5, 0.6) is 0 Å². The third-order valence-corrected chi connectivity index (χ3v) is 0.854. The molecule has 1 heterocycles. The van der Waals surface area contributed by atoms with E-state index in [0.717, 1.165) is 0 Å². The van der Waals surface area contributed by atoms with Gasteiger partial charge in [0.2, 0.25) is 0 Å². The topological polar surface area (TPSA) is 69.5 Å². The van der Waals surface area contributed by atoms with Crippen LogP contribution in [0.2, 0.25) is 0 Å². The van der Waals surface area contributed by atoms with Crippen LogP contribution >= 0.6 is 0 Å². The van der Waals surface area contributed by atoms with E-state index in [4.69, 9.17) is 5.73 Å². The molecule has 1 aliphatic rings. The lowest BCUT2D eigenvalue weighted by Gasteiger charge is -2.02. The molecule has 0 fully saturated rings. The number of amidine groups is 1. The molecule has 0 aliphatic carbocycles. The Morgan fingerprint density at radius 2 is 2.33 bits per heavy atom. The van der Waals surface area contributed by atoms with Crippen molar-refractivity contribution in [2.75, 3.05) is 0 Å². The highest BCUT2D eigenvalue weighted by Crippen LogP contribution is 1.96. The van der Waals surface area contributed by atoms with Crippen molar-refractivity contribution in [1.82, 2.24) is 5.32 Å². The predicted octanol–water partition coefficient (Wildman–Crippen LogP) is -0.0146. The van der Waals surface area contributed by atoms with E-state index in [0.29, 0.717) is 5.70 Å². The van der Waals surface area contributed by atoms with Crippen LogP contribution in [-0.2, 0) is 0 Å². The van der Waals surface area contributed by atoms with Gasteiger partial charge in [-0.15, -0.1) is 0 Å². The summed E-state index contributed by atoms with van der Waals surface area (Å²) in [4.78, 5) is 13.8. The summed E-state index contributed by atoms with van der Waals surface area (Å²) >= 11 is 0. The molecule has 1 aliphatic heterocycles. The van der Waals surface area contributed by atoms with Gasteiger partial charge < -0.3 is 5.73 Å². The molecule has 4 nitrogen and oxygen atoms in total. The zero-order chi connectivity index (χ0) is 6.85. The summed E-state index contributed by atoms with van der Waals surface area (Å²) in [6.07, 6.45) is 1.54. The van der Waals surface area contributed by atoms with E-state index in [1.807, 2.05) is 0 Å². The van der Waals surface area contributed by atoms with E-state index in [9.17, 15) is 4.79 Å². The number of amides is 2. The molecule has 0 saturated heterocycles. The minimum Gasteiger partial charge on any atom is -0.383 e. The minimum absolute atomic E-state index is 0.229. The Balaban J connectivity index is 2.86. The van der Waals surface area contributed by atoms with Crippen molar-refractivity contribution in [3.05, 3.63) is 11.8 Å². The summed E-state index contributed by atoms with van der Waals surface area (Å²) in [6.45, 7) is 1.69. The molecule has 0 aromatic rings. The fourth-order valence-electron chi connectivity index (χ4n) is 0.565. The fraction of sp³-hybridized carbons (Fsp3) is 0.200. The molecule has 0 aromatic carbocycles. The summed E-state index contributed by atoms with van der Waals surface area (Å²) < 4.78 is 0. The molecule has 9 heavy (non-hydrogen) atoms. The van der Waals surface area contributed by atoms with Gasteiger partial charge in [-0.1, -0.05) is 0 Å². The standard InChI is InChI=1S/C5H6N3O/c1-3-2-4(6)8-5(9)7-3/h2H,1H3,(H2,6,8,9). The molecule has 2 N–H and O–H groups in total. The van der Waals surface area contributed by atoms with Crippen molar-refractivity contribution >= 4 is 11.9 Å². The second-order valence-electron chi connectivity index (χ2n) is 1.72. The first kappa shape index (κ1) is 5.81. The van der Waals surface area contributed by atoms with Crippen LogP contribution < -0.4 is 11.1 Å². The van der Waals surface area contributed by atoms with Crippen molar-refractivity contribution in [3.8, 4) is 0 Å². The summed E-state index contributed by atoms with van der Waals surface area (Å²) in [5, 5.41) is 3.49. The van der Waals surface area contributed by atoms with E-state index in [2.05, 4.69) is 10.3 Å². The molecule has 4 heteroatoms. The molecule has 0 spiro atoms. The number of nitrogens with zero attached hydrogens (tertiary/aromatic N) is 2. The van der Waals surface area contributed by atoms with Crippen molar-refractivity contribution in [1.29, 1.82) is 0 Å². The number of hydrogen-bond acceptors (Lipinski definition) is 2. The van der Waals surface area contributed by atoms with Crippen LogP contribution in [0.1, 0.15) is 6.92 Å². The number of rotatable bonds is 0. The number of carbonyl (C=O) groups is 1. The third-order valence-electron chi connectivity index (χ3n) is 0.854. The Hall–Kier alpha value is -1.32. The highest BCUT2D eigenvalue weighted by Gasteiger charge is 2.07. The summed E-state index contributed by atoms with van der Waals surface area (Å²) in [5.41, 5.74) is 5.81. The van der Waals surface area contributed by atoms with E-state index in [1.165, 1.54) is 0 Å². The van der Waals surface area contributed by atoms with E-state index in [-0.39, 0.29) is 5.84 Å². The average Bonchev–Trinajstić information content (AvgIpc) is 1.59. The van der Waals surface area contributed by atoms with Crippen LogP contribution in [-0.4, -0.2) is 11.9 Å². The number of urea groups is 1. The monoisotopic (exact) mass is 124 g/mol. The van der Waals surface area contributed by atoms with E-state index in [1.54, 1.807) is 13.0 Å². The summed E-state index contributed by atoms with van der Waals surface area (Å²) in [5.74, 6) is 0.229. The molecule has 47 valence electrons. The molecule has 1 radical (unpaired) electrons. The minimum atomic E-state index is -0.521. The van der Waals surface area contributed by atoms with Gasteiger partial charge in [0.05, 0.1) is 0 Å². The number of allylic oxidation sites excluding steroid dienone is 1. The third kappa shape index (κ3) is 1.28. The SMILES string of the molecule is CC1=CC(N)=NC(=O)[N]1. The quantitative estimate of drug-likeness (QED) is 0.493. The molecule has 0 unspecified atom stereocenters. The van der Waals surface area contributed by atoms with Crippen LogP contribution in [0.3, 0.4) is 0 Å². The lowest BCUT2D eigenvalue weighted by atomic mass is 10.4. The van der Waals surface area contributed by atoms with Crippen LogP contribution in [0.25, 0.3) is 0 Å². The van der Waals surface area contributed by atoms with Gasteiger partial charge in [-0.05, 0) is 6.92 Å². The Morgan fingerprint density at radius 3 is 2.78 bits per heavy atom. The second kappa shape index (κ2) is 1.89. The van der Waals surface area contributed by atoms with Gasteiger partial charge in [0, 0.05) is 11.8 Å². The van der Waals surface area contributed by atoms with E-state index >= 15 is 0 Å². The van der Waals surface area contributed by atoms with Crippen molar-refractivity contribution in [3.63, 3.8) is 0 Å². The first-order valence-electron chi connectivity index (χ1n) is 2.46. The second-order valence-corrected chi connectivity index (χ2v) is 1.72. The molecule has 0 atom stereocenters. The van der Waals surface area contributed by atoms with Gasteiger partial charge >= 0.3 is 6.03 Å². The van der Waals surface area contributed by atoms with Gasteiger partial charge in [-0.2, -0.15) is 10.3 Å². The number of carbonyl (C=O) groups excluding carboxylic acids is 1. The molecule has 0 aromatic heterocycles. The highest BCUT2D eigenvalue weighted by molar-refractivity contribution is 6.02. The number of aliphatic imine (C=N–C) groups is 1. The molecule has 2 amide bonds. The maximum Gasteiger partial charge on any atom is 0.369 e. The smallest absolute Gasteiger partial charge is 0.369 e. The molecular formula is C5H6N3O. The van der Waals surface area contributed by atoms with Gasteiger partial charge in [-0.3, -0.25) is 0 Å². The van der Waals surface area contributed by atoms with Crippen LogP contribution in [0.15, 0.2) is 16.8 Å². The van der Waals surface area contributed by atoms with Crippen LogP contribution in [0.4, 0.5) is 4.79 Å². The van der Waals surface area contributed by atoms with Crippen molar-refractivity contribution < 1.29 is 4.79 Å². The predicted molar refractivity (Wildman–Crippen MR) is 32.9 cm³/mol. The maximum atomic E-state index is 10.4. The van der Waals surface area contributed by atoms with Crippen molar-refractivity contribution in [2.45, 2.75) is 6.92 Å². The summed E-state index contributed by atoms with van der Waals surface area (Å²) in [6, 6.07) is -0.521. The Morgan fingerprint density at radius 1 is 1.67 bits per heavy atom. The first-order chi connectivity index (χ1) is 4.18. The Labute approximate surface area is 52.5 Å². The fourth-order valence-corrected chi connectivity index (χ4v) is 0.565. The van der Waals surface area contributed by atoms with Crippen molar-refractivity contribution in [2.24, 2.45) is 10.7 Å². The zero-order valence-electron chi connectivity index (χ0n) is 4.96. The lowest BCUT2D eigenvalue weighted by molar-refractivity contribution is 0.250. The van der Waals surface area contributed by atoms with Gasteiger partial charge in [-0.25, -0.2) is 4.79 Å². The van der Waals surface area contributed by atoms with Crippen LogP contribution in [0, 0.1) is 0 Å². The highest BCUT2D eigenvalue weighted by atomic mass is 16.2. The number of nitrogens with two attached hydrogens (primary N) is 1. The van der Waals surface area contributed by atoms with Gasteiger partial charge in [0.25, 0.3) is 0 Å². The van der Waals surface area contributed by atoms with E-state index < -0.39 is 6.03 Å². The first-order valence-corrected chi connectivity index (χ1v) is 2.46. The molecule has 0 bridgehead atoms. The molecular weight excluding hydrogens is 118 g/mol. The average molecular weight is 124 g/mol. The Bertz CT molecular complexity index is 204. The van der Waals surface area contributed by atoms with Gasteiger partial charge in [0.15, 0.2) is 0 Å². The Kier molecular flexibility index (Phi) is 1.22. The molecule has 0 saturated carbocycles. The summed E-state index contributed by atoms with van der Waals surface area (Å²) in [7, 11) is 0.